The van der Waals surface area contributed by atoms with Crippen molar-refractivity contribution in [1.82, 2.24) is 4.31 Å². The van der Waals surface area contributed by atoms with Crippen LogP contribution in [0.1, 0.15) is 33.1 Å². The standard InChI is InChI=1S/C15H23N3O3S.ClH/c1-11(16)15-5-3-4-10-18(15)22(20,21)14-8-6-13(7-9-14)17-12(2)19;/h6-9,11,15H,3-5,10,16H2,1-2H3,(H,17,19);1H. The lowest BCUT2D eigenvalue weighted by molar-refractivity contribution is -0.114. The van der Waals surface area contributed by atoms with E-state index in [4.69, 9.17) is 5.73 Å². The van der Waals surface area contributed by atoms with Crippen molar-refractivity contribution in [1.29, 1.82) is 0 Å². The Balaban J connectivity index is 0.00000264. The van der Waals surface area contributed by atoms with Crippen LogP contribution >= 0.6 is 12.4 Å². The lowest BCUT2D eigenvalue weighted by Gasteiger charge is -2.36. The summed E-state index contributed by atoms with van der Waals surface area (Å²) in [6, 6.07) is 5.88. The van der Waals surface area contributed by atoms with Gasteiger partial charge in [0, 0.05) is 31.2 Å². The van der Waals surface area contributed by atoms with E-state index in [0.29, 0.717) is 12.2 Å². The van der Waals surface area contributed by atoms with Crippen molar-refractivity contribution >= 4 is 34.0 Å². The molecule has 1 aliphatic rings. The Morgan fingerprint density at radius 3 is 2.43 bits per heavy atom. The van der Waals surface area contributed by atoms with Gasteiger partial charge in [0.05, 0.1) is 4.90 Å². The SMILES string of the molecule is CC(=O)Nc1ccc(S(=O)(=O)N2CCCCC2C(C)N)cc1.Cl. The molecule has 23 heavy (non-hydrogen) atoms. The summed E-state index contributed by atoms with van der Waals surface area (Å²) in [4.78, 5) is 11.2. The van der Waals surface area contributed by atoms with Crippen LogP contribution in [0, 0.1) is 0 Å². The molecule has 6 nitrogen and oxygen atoms in total. The third-order valence-corrected chi connectivity index (χ3v) is 5.83. The molecule has 2 atom stereocenters. The van der Waals surface area contributed by atoms with E-state index < -0.39 is 10.0 Å². The Kier molecular flexibility index (Phi) is 7.01. The molecule has 0 aliphatic carbocycles. The largest absolute Gasteiger partial charge is 0.326 e. The molecule has 0 spiro atoms. The first-order valence-corrected chi connectivity index (χ1v) is 8.91. The zero-order chi connectivity index (χ0) is 16.3. The quantitative estimate of drug-likeness (QED) is 0.857. The molecule has 0 saturated carbocycles. The van der Waals surface area contributed by atoms with Crippen LogP contribution in [0.15, 0.2) is 29.2 Å². The number of nitrogens with zero attached hydrogens (tertiary/aromatic N) is 1. The average Bonchev–Trinajstić information content (AvgIpc) is 2.47. The van der Waals surface area contributed by atoms with Crippen LogP contribution in [0.2, 0.25) is 0 Å². The first kappa shape index (κ1) is 19.9. The van der Waals surface area contributed by atoms with Gasteiger partial charge in [-0.15, -0.1) is 12.4 Å². The lowest BCUT2D eigenvalue weighted by atomic mass is 10.00. The van der Waals surface area contributed by atoms with Gasteiger partial charge in [-0.2, -0.15) is 4.31 Å². The number of halogens is 1. The fraction of sp³-hybridized carbons (Fsp3) is 0.533. The maximum atomic E-state index is 12.8. The van der Waals surface area contributed by atoms with Crippen LogP contribution in [0.5, 0.6) is 0 Å². The van der Waals surface area contributed by atoms with Gasteiger partial charge in [-0.05, 0) is 44.0 Å². The van der Waals surface area contributed by atoms with Crippen LogP contribution in [0.4, 0.5) is 5.69 Å². The molecule has 2 unspecified atom stereocenters. The number of amides is 1. The molecule has 1 aromatic rings. The molecule has 1 heterocycles. The van der Waals surface area contributed by atoms with Crippen molar-refractivity contribution in [3.8, 4) is 0 Å². The normalized spacial score (nSPS) is 20.4. The molecular weight excluding hydrogens is 338 g/mol. The summed E-state index contributed by atoms with van der Waals surface area (Å²) in [6.07, 6.45) is 2.65. The third-order valence-electron chi connectivity index (χ3n) is 3.89. The van der Waals surface area contributed by atoms with E-state index in [2.05, 4.69) is 5.32 Å². The van der Waals surface area contributed by atoms with Gasteiger partial charge in [0.25, 0.3) is 0 Å². The van der Waals surface area contributed by atoms with Gasteiger partial charge in [0.1, 0.15) is 0 Å². The molecule has 1 aromatic carbocycles. The Morgan fingerprint density at radius 2 is 1.91 bits per heavy atom. The van der Waals surface area contributed by atoms with Gasteiger partial charge in [-0.25, -0.2) is 8.42 Å². The maximum absolute atomic E-state index is 12.8. The fourth-order valence-corrected chi connectivity index (χ4v) is 4.58. The van der Waals surface area contributed by atoms with Gasteiger partial charge in [0.15, 0.2) is 0 Å². The van der Waals surface area contributed by atoms with Crippen molar-refractivity contribution in [3.63, 3.8) is 0 Å². The summed E-state index contributed by atoms with van der Waals surface area (Å²) in [7, 11) is -3.56. The molecule has 8 heteroatoms. The Hall–Kier alpha value is -1.15. The molecule has 1 fully saturated rings. The zero-order valence-electron chi connectivity index (χ0n) is 13.4. The number of benzene rings is 1. The molecule has 3 N–H and O–H groups in total. The van der Waals surface area contributed by atoms with Gasteiger partial charge in [0.2, 0.25) is 15.9 Å². The molecule has 0 radical (unpaired) electrons. The van der Waals surface area contributed by atoms with E-state index >= 15 is 0 Å². The van der Waals surface area contributed by atoms with Gasteiger partial charge in [-0.1, -0.05) is 6.42 Å². The minimum absolute atomic E-state index is 0. The van der Waals surface area contributed by atoms with Crippen molar-refractivity contribution in [3.05, 3.63) is 24.3 Å². The van der Waals surface area contributed by atoms with E-state index in [1.165, 1.54) is 23.4 Å². The fourth-order valence-electron chi connectivity index (χ4n) is 2.80. The van der Waals surface area contributed by atoms with Crippen LogP contribution in [-0.4, -0.2) is 37.3 Å². The van der Waals surface area contributed by atoms with Crippen molar-refractivity contribution < 1.29 is 13.2 Å². The van der Waals surface area contributed by atoms with Gasteiger partial charge >= 0.3 is 0 Å². The third kappa shape index (κ3) is 4.67. The second-order valence-corrected chi connectivity index (χ2v) is 7.63. The van der Waals surface area contributed by atoms with Crippen molar-refractivity contribution in [2.45, 2.75) is 50.1 Å². The summed E-state index contributed by atoms with van der Waals surface area (Å²) < 4.78 is 27.2. The van der Waals surface area contributed by atoms with Gasteiger partial charge < -0.3 is 11.1 Å². The molecule has 130 valence electrons. The number of nitrogens with two attached hydrogens (primary N) is 1. The van der Waals surface area contributed by atoms with Crippen LogP contribution < -0.4 is 11.1 Å². The molecular formula is C15H24ClN3O3S. The van der Waals surface area contributed by atoms with E-state index in [-0.39, 0.29) is 35.3 Å². The molecule has 1 aliphatic heterocycles. The number of rotatable bonds is 4. The number of nitrogens with one attached hydrogen (secondary N) is 1. The first-order chi connectivity index (χ1) is 10.3. The average molecular weight is 362 g/mol. The second-order valence-electron chi connectivity index (χ2n) is 5.74. The summed E-state index contributed by atoms with van der Waals surface area (Å²) in [5.41, 5.74) is 6.54. The summed E-state index contributed by atoms with van der Waals surface area (Å²) in [5, 5.41) is 2.62. The van der Waals surface area contributed by atoms with Crippen LogP contribution in [-0.2, 0) is 14.8 Å². The summed E-state index contributed by atoms with van der Waals surface area (Å²) in [5.74, 6) is -0.191. The lowest BCUT2D eigenvalue weighted by Crippen LogP contribution is -2.51. The number of carbonyl (C=O) groups excluding carboxylic acids is 1. The number of carbonyl (C=O) groups is 1. The second kappa shape index (κ2) is 8.10. The Morgan fingerprint density at radius 1 is 1.30 bits per heavy atom. The van der Waals surface area contributed by atoms with Crippen LogP contribution in [0.25, 0.3) is 0 Å². The molecule has 2 rings (SSSR count). The smallest absolute Gasteiger partial charge is 0.243 e. The molecule has 1 saturated heterocycles. The van der Waals surface area contributed by atoms with Crippen molar-refractivity contribution in [2.24, 2.45) is 5.73 Å². The van der Waals surface area contributed by atoms with E-state index in [1.54, 1.807) is 12.1 Å². The molecule has 0 bridgehead atoms. The first-order valence-electron chi connectivity index (χ1n) is 7.47. The number of hydrogen-bond acceptors (Lipinski definition) is 4. The summed E-state index contributed by atoms with van der Waals surface area (Å²) >= 11 is 0. The maximum Gasteiger partial charge on any atom is 0.243 e. The topological polar surface area (TPSA) is 92.5 Å². The number of hydrogen-bond donors (Lipinski definition) is 2. The predicted molar refractivity (Wildman–Crippen MR) is 93.2 cm³/mol. The Labute approximate surface area is 143 Å². The molecule has 1 amide bonds. The van der Waals surface area contributed by atoms with E-state index in [9.17, 15) is 13.2 Å². The highest BCUT2D eigenvalue weighted by atomic mass is 35.5. The highest BCUT2D eigenvalue weighted by molar-refractivity contribution is 7.89. The zero-order valence-corrected chi connectivity index (χ0v) is 15.0. The number of sulfonamides is 1. The van der Waals surface area contributed by atoms with Gasteiger partial charge in [-0.3, -0.25) is 4.79 Å². The van der Waals surface area contributed by atoms with E-state index in [0.717, 1.165) is 19.3 Å². The highest BCUT2D eigenvalue weighted by Crippen LogP contribution is 2.27. The Bertz CT molecular complexity index is 632. The van der Waals surface area contributed by atoms with Crippen LogP contribution in [0.3, 0.4) is 0 Å². The van der Waals surface area contributed by atoms with Crippen molar-refractivity contribution in [2.75, 3.05) is 11.9 Å². The number of piperidine rings is 1. The minimum Gasteiger partial charge on any atom is -0.326 e. The van der Waals surface area contributed by atoms with E-state index in [1.807, 2.05) is 6.92 Å². The predicted octanol–water partition coefficient (Wildman–Crippen LogP) is 1.96. The monoisotopic (exact) mass is 361 g/mol. The highest BCUT2D eigenvalue weighted by Gasteiger charge is 2.35. The number of anilines is 1. The molecule has 0 aromatic heterocycles. The minimum atomic E-state index is -3.56. The summed E-state index contributed by atoms with van der Waals surface area (Å²) in [6.45, 7) is 3.76.